The molecule has 0 aliphatic carbocycles. The maximum Gasteiger partial charge on any atom is 0.337 e. The lowest BCUT2D eigenvalue weighted by Gasteiger charge is -2.04. The summed E-state index contributed by atoms with van der Waals surface area (Å²) >= 11 is 4.09. The summed E-state index contributed by atoms with van der Waals surface area (Å²) < 4.78 is 1.61. The Kier molecular flexibility index (Phi) is 3.33. The molecule has 0 aliphatic rings. The third-order valence-electron chi connectivity index (χ3n) is 1.50. The first kappa shape index (κ1) is 10.2. The van der Waals surface area contributed by atoms with Crippen LogP contribution in [0.2, 0.25) is 0 Å². The second kappa shape index (κ2) is 3.91. The van der Waals surface area contributed by atoms with E-state index in [0.29, 0.717) is 5.56 Å². The van der Waals surface area contributed by atoms with Gasteiger partial charge in [-0.15, -0.1) is 0 Å². The largest absolute Gasteiger partial charge is 0.478 e. The predicted octanol–water partition coefficient (Wildman–Crippen LogP) is 2.90. The Labute approximate surface area is 97.6 Å². The van der Waals surface area contributed by atoms with Crippen molar-refractivity contribution in [2.75, 3.05) is 0 Å². The van der Waals surface area contributed by atoms with Gasteiger partial charge in [-0.1, -0.05) is 6.07 Å². The molecule has 2 nitrogen and oxygen atoms in total. The summed E-state index contributed by atoms with van der Waals surface area (Å²) in [4.78, 5) is 10.8. The van der Waals surface area contributed by atoms with Crippen LogP contribution in [-0.2, 0) is 0 Å². The van der Waals surface area contributed by atoms with Gasteiger partial charge in [0.15, 0.2) is 0 Å². The fourth-order valence-electron chi connectivity index (χ4n) is 0.853. The zero-order valence-corrected chi connectivity index (χ0v) is 10.6. The highest BCUT2D eigenvalue weighted by Gasteiger charge is 2.13. The second-order valence-electron chi connectivity index (χ2n) is 2.36. The van der Waals surface area contributed by atoms with E-state index in [1.54, 1.807) is 0 Å². The molecule has 0 heterocycles. The molecule has 0 unspecified atom stereocenters. The molecule has 1 aromatic rings. The van der Waals surface area contributed by atoms with Gasteiger partial charge in [0.1, 0.15) is 0 Å². The van der Waals surface area contributed by atoms with Gasteiger partial charge in [-0.25, -0.2) is 4.79 Å². The topological polar surface area (TPSA) is 37.3 Å². The molecule has 4 heteroatoms. The van der Waals surface area contributed by atoms with E-state index in [9.17, 15) is 4.79 Å². The predicted molar refractivity (Wildman–Crippen MR) is 63.6 cm³/mol. The molecule has 0 radical (unpaired) electrons. The minimum absolute atomic E-state index is 0.413. The number of halogens is 2. The van der Waals surface area contributed by atoms with Crippen molar-refractivity contribution in [1.82, 2.24) is 0 Å². The Balaban J connectivity index is 3.43. The van der Waals surface area contributed by atoms with Gasteiger partial charge in [-0.2, -0.15) is 0 Å². The number of aryl methyl sites for hydroxylation is 1. The van der Waals surface area contributed by atoms with Crippen LogP contribution < -0.4 is 0 Å². The molecule has 0 amide bonds. The van der Waals surface area contributed by atoms with Gasteiger partial charge < -0.3 is 5.11 Å². The Morgan fingerprint density at radius 3 is 2.42 bits per heavy atom. The summed E-state index contributed by atoms with van der Waals surface area (Å²) in [5, 5.41) is 8.86. The van der Waals surface area contributed by atoms with Gasteiger partial charge in [0.25, 0.3) is 0 Å². The highest BCUT2D eigenvalue weighted by Crippen LogP contribution is 2.22. The van der Waals surface area contributed by atoms with Crippen molar-refractivity contribution < 1.29 is 9.90 Å². The summed E-state index contributed by atoms with van der Waals surface area (Å²) in [7, 11) is 0. The Hall–Kier alpha value is 0.150. The summed E-state index contributed by atoms with van der Waals surface area (Å²) in [5.74, 6) is -0.854. The van der Waals surface area contributed by atoms with E-state index in [0.717, 1.165) is 12.7 Å². The van der Waals surface area contributed by atoms with Gasteiger partial charge in [0, 0.05) is 7.14 Å². The van der Waals surface area contributed by atoms with Crippen molar-refractivity contribution in [3.05, 3.63) is 30.4 Å². The molecule has 0 spiro atoms. The quantitative estimate of drug-likeness (QED) is 0.752. The molecule has 0 aromatic heterocycles. The lowest BCUT2D eigenvalue weighted by atomic mass is 10.1. The fourth-order valence-corrected chi connectivity index (χ4v) is 2.75. The smallest absolute Gasteiger partial charge is 0.337 e. The zero-order valence-electron chi connectivity index (χ0n) is 6.27. The lowest BCUT2D eigenvalue weighted by molar-refractivity contribution is 0.0694. The maximum atomic E-state index is 10.8. The second-order valence-corrected chi connectivity index (χ2v) is 4.60. The molecule has 1 N–H and O–H groups in total. The molecule has 64 valence electrons. The average molecular weight is 388 g/mol. The lowest BCUT2D eigenvalue weighted by Crippen LogP contribution is -2.04. The Morgan fingerprint density at radius 2 is 2.00 bits per heavy atom. The number of carbonyl (C=O) groups is 1. The zero-order chi connectivity index (χ0) is 9.30. The summed E-state index contributed by atoms with van der Waals surface area (Å²) in [5.41, 5.74) is 1.42. The number of rotatable bonds is 1. The van der Waals surface area contributed by atoms with Crippen molar-refractivity contribution >= 4 is 51.2 Å². The van der Waals surface area contributed by atoms with E-state index in [1.807, 2.05) is 41.6 Å². The van der Waals surface area contributed by atoms with E-state index in [4.69, 9.17) is 5.11 Å². The highest BCUT2D eigenvalue weighted by atomic mass is 127. The van der Waals surface area contributed by atoms with Crippen LogP contribution in [0.5, 0.6) is 0 Å². The minimum atomic E-state index is -0.854. The minimum Gasteiger partial charge on any atom is -0.478 e. The first-order valence-electron chi connectivity index (χ1n) is 3.22. The Bertz CT molecular complexity index is 334. The first-order valence-corrected chi connectivity index (χ1v) is 5.37. The molecule has 0 aliphatic heterocycles. The number of hydrogen-bond acceptors (Lipinski definition) is 1. The number of hydrogen-bond donors (Lipinski definition) is 1. The molecule has 1 rings (SSSR count). The van der Waals surface area contributed by atoms with Crippen LogP contribution in [0.15, 0.2) is 12.1 Å². The standard InChI is InChI=1S/C8H6I2O2/c1-4-2-3-5(9)6(7(4)10)8(11)12/h2-3H,1H3,(H,11,12). The SMILES string of the molecule is Cc1ccc(I)c(C(=O)O)c1I. The molecule has 0 atom stereocenters. The third kappa shape index (κ3) is 1.90. The number of benzene rings is 1. The van der Waals surface area contributed by atoms with Crippen LogP contribution in [0.4, 0.5) is 0 Å². The summed E-state index contributed by atoms with van der Waals surface area (Å²) in [6.45, 7) is 1.91. The summed E-state index contributed by atoms with van der Waals surface area (Å²) in [6.07, 6.45) is 0. The maximum absolute atomic E-state index is 10.8. The van der Waals surface area contributed by atoms with E-state index in [1.165, 1.54) is 0 Å². The highest BCUT2D eigenvalue weighted by molar-refractivity contribution is 14.1. The van der Waals surface area contributed by atoms with Crippen molar-refractivity contribution in [2.24, 2.45) is 0 Å². The number of carboxylic acids is 1. The van der Waals surface area contributed by atoms with E-state index in [2.05, 4.69) is 22.6 Å². The van der Waals surface area contributed by atoms with Crippen molar-refractivity contribution in [3.63, 3.8) is 0 Å². The molecular weight excluding hydrogens is 382 g/mol. The van der Waals surface area contributed by atoms with E-state index < -0.39 is 5.97 Å². The molecule has 0 bridgehead atoms. The van der Waals surface area contributed by atoms with Crippen LogP contribution in [0, 0.1) is 14.1 Å². The molecule has 1 aromatic carbocycles. The van der Waals surface area contributed by atoms with Crippen LogP contribution >= 0.6 is 45.2 Å². The number of aromatic carboxylic acids is 1. The van der Waals surface area contributed by atoms with Crippen molar-refractivity contribution in [1.29, 1.82) is 0 Å². The normalized spacial score (nSPS) is 9.92. The first-order chi connectivity index (χ1) is 5.54. The monoisotopic (exact) mass is 388 g/mol. The molecule has 0 saturated carbocycles. The summed E-state index contributed by atoms with van der Waals surface area (Å²) in [6, 6.07) is 3.75. The van der Waals surface area contributed by atoms with Crippen molar-refractivity contribution in [3.8, 4) is 0 Å². The average Bonchev–Trinajstić information content (AvgIpc) is 1.97. The molecule has 0 fully saturated rings. The number of carboxylic acid groups (broad SMARTS) is 1. The van der Waals surface area contributed by atoms with Crippen LogP contribution in [0.1, 0.15) is 15.9 Å². The fraction of sp³-hybridized carbons (Fsp3) is 0.125. The van der Waals surface area contributed by atoms with Crippen molar-refractivity contribution in [2.45, 2.75) is 6.92 Å². The van der Waals surface area contributed by atoms with Crippen LogP contribution in [-0.4, -0.2) is 11.1 Å². The third-order valence-corrected chi connectivity index (χ3v) is 3.79. The van der Waals surface area contributed by atoms with Gasteiger partial charge in [0.2, 0.25) is 0 Å². The molecule has 12 heavy (non-hydrogen) atoms. The Morgan fingerprint density at radius 1 is 1.42 bits per heavy atom. The van der Waals surface area contributed by atoms with Gasteiger partial charge in [-0.3, -0.25) is 0 Å². The van der Waals surface area contributed by atoms with Crippen LogP contribution in [0.25, 0.3) is 0 Å². The van der Waals surface area contributed by atoms with Crippen LogP contribution in [0.3, 0.4) is 0 Å². The van der Waals surface area contributed by atoms with E-state index in [-0.39, 0.29) is 0 Å². The van der Waals surface area contributed by atoms with Gasteiger partial charge in [0.05, 0.1) is 5.56 Å². The van der Waals surface area contributed by atoms with E-state index >= 15 is 0 Å². The molecule has 0 saturated heterocycles. The van der Waals surface area contributed by atoms with Gasteiger partial charge >= 0.3 is 5.97 Å². The van der Waals surface area contributed by atoms with Gasteiger partial charge in [-0.05, 0) is 63.7 Å². The molecular formula is C8H6I2O2.